The van der Waals surface area contributed by atoms with Crippen LogP contribution in [0.4, 0.5) is 0 Å². The molecule has 3 rings (SSSR count). The number of hydrogen-bond acceptors (Lipinski definition) is 5. The summed E-state index contributed by atoms with van der Waals surface area (Å²) < 4.78 is 7.04. The minimum Gasteiger partial charge on any atom is -0.339 e. The van der Waals surface area contributed by atoms with Gasteiger partial charge in [0, 0.05) is 13.2 Å². The number of rotatable bonds is 3. The van der Waals surface area contributed by atoms with Crippen LogP contribution >= 0.6 is 0 Å². The molecule has 96 valence electrons. The van der Waals surface area contributed by atoms with Gasteiger partial charge < -0.3 is 10.3 Å². The van der Waals surface area contributed by atoms with Crippen molar-refractivity contribution in [3.63, 3.8) is 0 Å². The molecule has 1 aliphatic carbocycles. The van der Waals surface area contributed by atoms with Gasteiger partial charge in [0.2, 0.25) is 5.89 Å². The van der Waals surface area contributed by atoms with Crippen molar-refractivity contribution in [3.05, 3.63) is 29.7 Å². The van der Waals surface area contributed by atoms with Crippen LogP contribution in [0.5, 0.6) is 0 Å². The van der Waals surface area contributed by atoms with E-state index in [0.717, 1.165) is 31.2 Å². The van der Waals surface area contributed by atoms with Crippen molar-refractivity contribution in [3.8, 4) is 0 Å². The van der Waals surface area contributed by atoms with Crippen LogP contribution < -0.4 is 5.73 Å². The van der Waals surface area contributed by atoms with E-state index >= 15 is 0 Å². The minimum atomic E-state index is -0.378. The molecule has 0 amide bonds. The van der Waals surface area contributed by atoms with Crippen molar-refractivity contribution >= 4 is 0 Å². The van der Waals surface area contributed by atoms with Crippen LogP contribution in [0.2, 0.25) is 0 Å². The summed E-state index contributed by atoms with van der Waals surface area (Å²) in [6.07, 6.45) is 8.52. The van der Waals surface area contributed by atoms with Gasteiger partial charge in [-0.1, -0.05) is 18.0 Å². The van der Waals surface area contributed by atoms with Crippen molar-refractivity contribution in [1.82, 2.24) is 19.9 Å². The van der Waals surface area contributed by atoms with E-state index in [9.17, 15) is 0 Å². The quantitative estimate of drug-likeness (QED) is 0.878. The third-order valence-electron chi connectivity index (χ3n) is 3.52. The second kappa shape index (κ2) is 4.20. The molecule has 0 radical (unpaired) electrons. The monoisotopic (exact) mass is 247 g/mol. The molecule has 0 unspecified atom stereocenters. The molecule has 6 nitrogen and oxygen atoms in total. The molecule has 0 aliphatic heterocycles. The van der Waals surface area contributed by atoms with Gasteiger partial charge in [-0.3, -0.25) is 4.68 Å². The molecule has 2 aromatic rings. The summed E-state index contributed by atoms with van der Waals surface area (Å²) in [5.41, 5.74) is 6.97. The van der Waals surface area contributed by atoms with Crippen molar-refractivity contribution < 1.29 is 4.52 Å². The number of hydrogen-bond donors (Lipinski definition) is 1. The van der Waals surface area contributed by atoms with E-state index in [1.165, 1.54) is 0 Å². The van der Waals surface area contributed by atoms with Gasteiger partial charge in [-0.05, 0) is 18.4 Å². The first-order valence-corrected chi connectivity index (χ1v) is 6.25. The molecule has 0 bridgehead atoms. The zero-order valence-corrected chi connectivity index (χ0v) is 10.5. The molecule has 1 aliphatic rings. The van der Waals surface area contributed by atoms with Gasteiger partial charge in [-0.2, -0.15) is 10.1 Å². The van der Waals surface area contributed by atoms with Crippen LogP contribution in [0.1, 0.15) is 43.0 Å². The number of aryl methyl sites for hydroxylation is 1. The van der Waals surface area contributed by atoms with Crippen molar-refractivity contribution in [2.24, 2.45) is 12.8 Å². The van der Waals surface area contributed by atoms with E-state index in [-0.39, 0.29) is 5.54 Å². The predicted molar refractivity (Wildman–Crippen MR) is 64.6 cm³/mol. The van der Waals surface area contributed by atoms with Crippen LogP contribution in [0.15, 0.2) is 16.9 Å². The lowest BCUT2D eigenvalue weighted by molar-refractivity contribution is 0.352. The molecule has 6 heteroatoms. The molecule has 0 aromatic carbocycles. The predicted octanol–water partition coefficient (Wildman–Crippen LogP) is 1.12. The van der Waals surface area contributed by atoms with E-state index in [4.69, 9.17) is 10.3 Å². The average Bonchev–Trinajstić information content (AvgIpc) is 3.02. The Bertz CT molecular complexity index is 538. The topological polar surface area (TPSA) is 82.8 Å². The van der Waals surface area contributed by atoms with Gasteiger partial charge in [0.1, 0.15) is 0 Å². The summed E-state index contributed by atoms with van der Waals surface area (Å²) in [7, 11) is 1.89. The minimum absolute atomic E-state index is 0.378. The zero-order valence-electron chi connectivity index (χ0n) is 10.5. The fraction of sp³-hybridized carbons (Fsp3) is 0.583. The molecule has 2 heterocycles. The van der Waals surface area contributed by atoms with E-state index in [1.54, 1.807) is 10.9 Å². The van der Waals surface area contributed by atoms with Gasteiger partial charge in [-0.25, -0.2) is 0 Å². The highest BCUT2D eigenvalue weighted by molar-refractivity contribution is 5.12. The van der Waals surface area contributed by atoms with Gasteiger partial charge in [0.25, 0.3) is 0 Å². The first-order chi connectivity index (χ1) is 8.66. The molecule has 2 N–H and O–H groups in total. The first kappa shape index (κ1) is 11.4. The number of nitrogens with zero attached hydrogens (tertiary/aromatic N) is 4. The maximum atomic E-state index is 6.29. The van der Waals surface area contributed by atoms with Crippen LogP contribution in [-0.2, 0) is 19.0 Å². The van der Waals surface area contributed by atoms with Crippen LogP contribution in [0.25, 0.3) is 0 Å². The fourth-order valence-electron chi connectivity index (χ4n) is 2.50. The Balaban J connectivity index is 1.77. The Hall–Kier alpha value is -1.69. The lowest BCUT2D eigenvalue weighted by Gasteiger charge is -2.17. The first-order valence-electron chi connectivity index (χ1n) is 6.25. The summed E-state index contributed by atoms with van der Waals surface area (Å²) >= 11 is 0. The zero-order chi connectivity index (χ0) is 12.6. The number of aromatic nitrogens is 4. The molecule has 0 spiro atoms. The summed E-state index contributed by atoms with van der Waals surface area (Å²) in [6.45, 7) is 0. The molecular weight excluding hydrogens is 230 g/mol. The van der Waals surface area contributed by atoms with Crippen LogP contribution in [-0.4, -0.2) is 19.9 Å². The summed E-state index contributed by atoms with van der Waals surface area (Å²) in [4.78, 5) is 4.43. The Kier molecular flexibility index (Phi) is 2.66. The largest absolute Gasteiger partial charge is 0.339 e. The lowest BCUT2D eigenvalue weighted by Crippen LogP contribution is -2.34. The molecule has 18 heavy (non-hydrogen) atoms. The summed E-state index contributed by atoms with van der Waals surface area (Å²) in [6, 6.07) is 0. The van der Waals surface area contributed by atoms with Gasteiger partial charge in [0.05, 0.1) is 18.2 Å². The molecule has 1 fully saturated rings. The van der Waals surface area contributed by atoms with Gasteiger partial charge >= 0.3 is 0 Å². The Morgan fingerprint density at radius 2 is 2.22 bits per heavy atom. The molecule has 0 atom stereocenters. The van der Waals surface area contributed by atoms with Gasteiger partial charge in [0.15, 0.2) is 5.82 Å². The smallest absolute Gasteiger partial charge is 0.231 e. The van der Waals surface area contributed by atoms with E-state index in [1.807, 2.05) is 13.2 Å². The standard InChI is InChI=1S/C12H17N5O/c1-17-8-9(7-14-17)6-10-15-11(16-18-10)12(13)4-2-3-5-12/h7-8H,2-6,13H2,1H3. The second-order valence-electron chi connectivity index (χ2n) is 5.07. The summed E-state index contributed by atoms with van der Waals surface area (Å²) in [5, 5.41) is 8.15. The van der Waals surface area contributed by atoms with Gasteiger partial charge in [-0.15, -0.1) is 0 Å². The molecule has 0 saturated heterocycles. The maximum absolute atomic E-state index is 6.29. The Morgan fingerprint density at radius 3 is 2.89 bits per heavy atom. The Labute approximate surface area is 105 Å². The molecular formula is C12H17N5O. The van der Waals surface area contributed by atoms with Crippen molar-refractivity contribution in [1.29, 1.82) is 0 Å². The Morgan fingerprint density at radius 1 is 1.44 bits per heavy atom. The highest BCUT2D eigenvalue weighted by atomic mass is 16.5. The number of nitrogens with two attached hydrogens (primary N) is 1. The summed E-state index contributed by atoms with van der Waals surface area (Å²) in [5.74, 6) is 1.26. The maximum Gasteiger partial charge on any atom is 0.231 e. The van der Waals surface area contributed by atoms with Crippen LogP contribution in [0.3, 0.4) is 0 Å². The molecule has 2 aromatic heterocycles. The van der Waals surface area contributed by atoms with E-state index in [0.29, 0.717) is 18.1 Å². The fourth-order valence-corrected chi connectivity index (χ4v) is 2.50. The third kappa shape index (κ3) is 2.03. The highest BCUT2D eigenvalue weighted by Gasteiger charge is 2.35. The van der Waals surface area contributed by atoms with Crippen molar-refractivity contribution in [2.75, 3.05) is 0 Å². The van der Waals surface area contributed by atoms with Crippen LogP contribution in [0, 0.1) is 0 Å². The van der Waals surface area contributed by atoms with E-state index in [2.05, 4.69) is 15.2 Å². The second-order valence-corrected chi connectivity index (χ2v) is 5.07. The molecule has 1 saturated carbocycles. The lowest BCUT2D eigenvalue weighted by atomic mass is 9.99. The third-order valence-corrected chi connectivity index (χ3v) is 3.52. The SMILES string of the molecule is Cn1cc(Cc2nc(C3(N)CCCC3)no2)cn1. The average molecular weight is 247 g/mol. The normalized spacial score (nSPS) is 18.3. The highest BCUT2D eigenvalue weighted by Crippen LogP contribution is 2.34. The van der Waals surface area contributed by atoms with E-state index < -0.39 is 0 Å². The van der Waals surface area contributed by atoms with Crippen molar-refractivity contribution in [2.45, 2.75) is 37.6 Å².